The SMILES string of the molecule is CCOC(=O)c1cn2nc(/C=C/c3ccc(OC)cc3)ccc2n1. The maximum atomic E-state index is 11.7. The third-order valence-corrected chi connectivity index (χ3v) is 3.39. The minimum Gasteiger partial charge on any atom is -0.497 e. The highest BCUT2D eigenvalue weighted by Crippen LogP contribution is 2.14. The Morgan fingerprint density at radius 1 is 1.17 bits per heavy atom. The van der Waals surface area contributed by atoms with Crippen molar-refractivity contribution in [1.82, 2.24) is 14.6 Å². The lowest BCUT2D eigenvalue weighted by molar-refractivity contribution is 0.0520. The second-order valence-electron chi connectivity index (χ2n) is 5.01. The van der Waals surface area contributed by atoms with Crippen molar-refractivity contribution in [3.05, 3.63) is 59.5 Å². The van der Waals surface area contributed by atoms with E-state index in [4.69, 9.17) is 9.47 Å². The molecule has 0 aliphatic heterocycles. The van der Waals surface area contributed by atoms with Crippen LogP contribution in [-0.4, -0.2) is 34.3 Å². The Labute approximate surface area is 139 Å². The fraction of sp³-hybridized carbons (Fsp3) is 0.167. The third-order valence-electron chi connectivity index (χ3n) is 3.39. The molecule has 6 heteroatoms. The fourth-order valence-electron chi connectivity index (χ4n) is 2.19. The number of aromatic nitrogens is 3. The monoisotopic (exact) mass is 323 g/mol. The minimum atomic E-state index is -0.446. The normalized spacial score (nSPS) is 11.1. The summed E-state index contributed by atoms with van der Waals surface area (Å²) in [6, 6.07) is 11.4. The van der Waals surface area contributed by atoms with Crippen LogP contribution in [0.1, 0.15) is 28.7 Å². The molecule has 0 N–H and O–H groups in total. The van der Waals surface area contributed by atoms with Gasteiger partial charge < -0.3 is 9.47 Å². The molecule has 3 rings (SSSR count). The van der Waals surface area contributed by atoms with E-state index in [9.17, 15) is 4.79 Å². The molecule has 0 saturated carbocycles. The first-order chi connectivity index (χ1) is 11.7. The molecule has 0 spiro atoms. The molecule has 1 aromatic carbocycles. The van der Waals surface area contributed by atoms with Crippen molar-refractivity contribution in [1.29, 1.82) is 0 Å². The molecule has 2 aromatic heterocycles. The summed E-state index contributed by atoms with van der Waals surface area (Å²) in [6.45, 7) is 2.07. The number of carbonyl (C=O) groups is 1. The molecule has 0 bridgehead atoms. The lowest BCUT2D eigenvalue weighted by Crippen LogP contribution is -2.04. The summed E-state index contributed by atoms with van der Waals surface area (Å²) in [6.07, 6.45) is 5.42. The van der Waals surface area contributed by atoms with Crippen molar-refractivity contribution >= 4 is 23.8 Å². The van der Waals surface area contributed by atoms with Gasteiger partial charge in [-0.05, 0) is 42.8 Å². The van der Waals surface area contributed by atoms with E-state index in [2.05, 4.69) is 10.1 Å². The number of ether oxygens (including phenoxy) is 2. The van der Waals surface area contributed by atoms with Crippen LogP contribution in [0.5, 0.6) is 5.75 Å². The van der Waals surface area contributed by atoms with Gasteiger partial charge in [0.15, 0.2) is 11.3 Å². The van der Waals surface area contributed by atoms with E-state index in [-0.39, 0.29) is 5.69 Å². The van der Waals surface area contributed by atoms with Gasteiger partial charge in [-0.25, -0.2) is 14.3 Å². The van der Waals surface area contributed by atoms with Gasteiger partial charge >= 0.3 is 5.97 Å². The lowest BCUT2D eigenvalue weighted by atomic mass is 10.2. The lowest BCUT2D eigenvalue weighted by Gasteiger charge is -1.99. The number of rotatable bonds is 5. The van der Waals surface area contributed by atoms with Crippen LogP contribution < -0.4 is 4.74 Å². The summed E-state index contributed by atoms with van der Waals surface area (Å²) in [7, 11) is 1.64. The van der Waals surface area contributed by atoms with Crippen LogP contribution in [0, 0.1) is 0 Å². The minimum absolute atomic E-state index is 0.251. The Hall–Kier alpha value is -3.15. The summed E-state index contributed by atoms with van der Waals surface area (Å²) in [5, 5.41) is 4.42. The molecular formula is C18H17N3O3. The van der Waals surface area contributed by atoms with Gasteiger partial charge in [-0.1, -0.05) is 18.2 Å². The quantitative estimate of drug-likeness (QED) is 0.675. The average molecular weight is 323 g/mol. The highest BCUT2D eigenvalue weighted by atomic mass is 16.5. The molecule has 0 amide bonds. The molecule has 0 aliphatic carbocycles. The number of fused-ring (bicyclic) bond motifs is 1. The summed E-state index contributed by atoms with van der Waals surface area (Å²) in [5.74, 6) is 0.370. The van der Waals surface area contributed by atoms with E-state index in [1.807, 2.05) is 48.6 Å². The molecule has 0 atom stereocenters. The van der Waals surface area contributed by atoms with Crippen LogP contribution >= 0.6 is 0 Å². The first-order valence-corrected chi connectivity index (χ1v) is 7.55. The van der Waals surface area contributed by atoms with Gasteiger partial charge in [-0.2, -0.15) is 5.10 Å². The molecule has 0 fully saturated rings. The Kier molecular flexibility index (Phi) is 4.56. The number of imidazole rings is 1. The maximum Gasteiger partial charge on any atom is 0.358 e. The van der Waals surface area contributed by atoms with E-state index in [1.165, 1.54) is 0 Å². The van der Waals surface area contributed by atoms with Crippen LogP contribution in [0.15, 0.2) is 42.6 Å². The topological polar surface area (TPSA) is 65.7 Å². The molecule has 0 radical (unpaired) electrons. The third kappa shape index (κ3) is 3.43. The predicted octanol–water partition coefficient (Wildman–Crippen LogP) is 3.09. The smallest absolute Gasteiger partial charge is 0.358 e. The number of hydrogen-bond acceptors (Lipinski definition) is 5. The van der Waals surface area contributed by atoms with Gasteiger partial charge in [0.05, 0.1) is 25.6 Å². The van der Waals surface area contributed by atoms with Crippen LogP contribution in [-0.2, 0) is 4.74 Å². The Bertz CT molecular complexity index is 882. The number of benzene rings is 1. The summed E-state index contributed by atoms with van der Waals surface area (Å²) in [4.78, 5) is 15.9. The molecular weight excluding hydrogens is 306 g/mol. The number of hydrogen-bond donors (Lipinski definition) is 0. The number of esters is 1. The van der Waals surface area contributed by atoms with Crippen molar-refractivity contribution in [3.63, 3.8) is 0 Å². The zero-order valence-corrected chi connectivity index (χ0v) is 13.5. The summed E-state index contributed by atoms with van der Waals surface area (Å²) >= 11 is 0. The van der Waals surface area contributed by atoms with Crippen molar-refractivity contribution in [2.24, 2.45) is 0 Å². The van der Waals surface area contributed by atoms with Crippen LogP contribution in [0.4, 0.5) is 0 Å². The highest BCUT2D eigenvalue weighted by Gasteiger charge is 2.11. The Balaban J connectivity index is 1.81. The largest absolute Gasteiger partial charge is 0.497 e. The number of nitrogens with zero attached hydrogens (tertiary/aromatic N) is 3. The van der Waals surface area contributed by atoms with E-state index in [0.717, 1.165) is 17.0 Å². The van der Waals surface area contributed by atoms with E-state index in [0.29, 0.717) is 12.3 Å². The average Bonchev–Trinajstić information content (AvgIpc) is 3.04. The van der Waals surface area contributed by atoms with Crippen LogP contribution in [0.25, 0.3) is 17.8 Å². The second-order valence-corrected chi connectivity index (χ2v) is 5.01. The van der Waals surface area contributed by atoms with E-state index >= 15 is 0 Å². The van der Waals surface area contributed by atoms with Gasteiger partial charge in [0.25, 0.3) is 0 Å². The first-order valence-electron chi connectivity index (χ1n) is 7.55. The van der Waals surface area contributed by atoms with E-state index in [1.54, 1.807) is 24.7 Å². The van der Waals surface area contributed by atoms with E-state index < -0.39 is 5.97 Å². The van der Waals surface area contributed by atoms with Gasteiger partial charge in [0.2, 0.25) is 0 Å². The number of methoxy groups -OCH3 is 1. The molecule has 24 heavy (non-hydrogen) atoms. The summed E-state index contributed by atoms with van der Waals surface area (Å²) in [5.41, 5.74) is 2.64. The Morgan fingerprint density at radius 3 is 2.67 bits per heavy atom. The predicted molar refractivity (Wildman–Crippen MR) is 90.9 cm³/mol. The van der Waals surface area contributed by atoms with Crippen LogP contribution in [0.3, 0.4) is 0 Å². The molecule has 0 aliphatic rings. The van der Waals surface area contributed by atoms with Gasteiger partial charge in [0.1, 0.15) is 5.75 Å². The van der Waals surface area contributed by atoms with Gasteiger partial charge in [-0.3, -0.25) is 0 Å². The first kappa shape index (κ1) is 15.7. The zero-order chi connectivity index (χ0) is 16.9. The van der Waals surface area contributed by atoms with Crippen molar-refractivity contribution in [2.75, 3.05) is 13.7 Å². The maximum absolute atomic E-state index is 11.7. The molecule has 0 saturated heterocycles. The fourth-order valence-corrected chi connectivity index (χ4v) is 2.19. The van der Waals surface area contributed by atoms with Crippen molar-refractivity contribution in [2.45, 2.75) is 6.92 Å². The van der Waals surface area contributed by atoms with Crippen LogP contribution in [0.2, 0.25) is 0 Å². The second kappa shape index (κ2) is 6.95. The standard InChI is InChI=1S/C18H17N3O3/c1-3-24-18(22)16-12-21-17(19-16)11-8-14(20-21)7-4-13-5-9-15(23-2)10-6-13/h4-12H,3H2,1-2H3/b7-4+. The molecule has 122 valence electrons. The molecule has 0 unspecified atom stereocenters. The molecule has 2 heterocycles. The van der Waals surface area contributed by atoms with Crippen molar-refractivity contribution < 1.29 is 14.3 Å². The van der Waals surface area contributed by atoms with Gasteiger partial charge in [-0.15, -0.1) is 0 Å². The zero-order valence-electron chi connectivity index (χ0n) is 13.5. The number of carbonyl (C=O) groups excluding carboxylic acids is 1. The Morgan fingerprint density at radius 2 is 1.96 bits per heavy atom. The van der Waals surface area contributed by atoms with Gasteiger partial charge in [0, 0.05) is 0 Å². The summed E-state index contributed by atoms with van der Waals surface area (Å²) < 4.78 is 11.6. The molecule has 6 nitrogen and oxygen atoms in total. The van der Waals surface area contributed by atoms with Crippen molar-refractivity contribution in [3.8, 4) is 5.75 Å². The highest BCUT2D eigenvalue weighted by molar-refractivity contribution is 5.87. The molecule has 3 aromatic rings.